The van der Waals surface area contributed by atoms with E-state index in [4.69, 9.17) is 14.2 Å². The Hall–Kier alpha value is 0.380. The third kappa shape index (κ3) is 16.2. The van der Waals surface area contributed by atoms with Crippen LogP contribution in [0.15, 0.2) is 4.99 Å². The minimum absolute atomic E-state index is 0. The fourth-order valence-electron chi connectivity index (χ4n) is 3.01. The van der Waals surface area contributed by atoms with Crippen LogP contribution >= 0.6 is 7.82 Å². The number of rotatable bonds is 16. The Bertz CT molecular complexity index is 452. The summed E-state index contributed by atoms with van der Waals surface area (Å²) in [4.78, 5) is 12.8. The fourth-order valence-corrected chi connectivity index (χ4v) is 3.93. The van der Waals surface area contributed by atoms with Gasteiger partial charge >= 0.3 is 37.4 Å². The number of unbranched alkanes of at least 4 members (excludes halogenated alkanes) is 12. The predicted molar refractivity (Wildman–Crippen MR) is 105 cm³/mol. The molecule has 1 saturated heterocycles. The molecular weight excluding hydrogens is 392 g/mol. The van der Waals surface area contributed by atoms with E-state index in [1.165, 1.54) is 70.6 Å². The van der Waals surface area contributed by atoms with Crippen LogP contribution in [0, 0.1) is 0 Å². The topological polar surface area (TPSA) is 100 Å². The molecule has 0 aliphatic carbocycles. The van der Waals surface area contributed by atoms with Gasteiger partial charge in [0, 0.05) is 13.2 Å². The Morgan fingerprint density at radius 1 is 1.04 bits per heavy atom. The molecule has 1 aliphatic rings. The van der Waals surface area contributed by atoms with Crippen molar-refractivity contribution in [3.63, 3.8) is 0 Å². The van der Waals surface area contributed by atoms with Gasteiger partial charge in [-0.15, -0.1) is 0 Å². The molecule has 0 saturated carbocycles. The van der Waals surface area contributed by atoms with Gasteiger partial charge in [0.1, 0.15) is 12.2 Å². The average Bonchev–Trinajstić information content (AvgIpc) is 2.99. The normalized spacial score (nSPS) is 22.2. The van der Waals surface area contributed by atoms with E-state index in [0.29, 0.717) is 6.54 Å². The Labute approximate surface area is 192 Å². The maximum atomic E-state index is 11.5. The second-order valence-electron chi connectivity index (χ2n) is 7.19. The molecule has 2 atom stereocenters. The van der Waals surface area contributed by atoms with Crippen molar-refractivity contribution in [1.29, 1.82) is 0 Å². The molecule has 0 amide bonds. The molecule has 2 unspecified atom stereocenters. The van der Waals surface area contributed by atoms with Gasteiger partial charge in [-0.3, -0.25) is 14.0 Å². The van der Waals surface area contributed by atoms with Crippen molar-refractivity contribution >= 4 is 13.9 Å². The number of hydrogen-bond donors (Lipinski definition) is 1. The molecule has 0 radical (unpaired) electrons. The molecule has 1 heterocycles. The average molecular weight is 429 g/mol. The SMILES string of the molecule is CCCCCCCCCCCCCCCN=C([O-])OCC1COP(=O)(O)O1.[Na+]. The number of ether oxygens (including phenoxy) is 1. The Morgan fingerprint density at radius 2 is 1.54 bits per heavy atom. The first-order chi connectivity index (χ1) is 13.0. The maximum absolute atomic E-state index is 11.5. The van der Waals surface area contributed by atoms with Crippen molar-refractivity contribution in [2.24, 2.45) is 4.99 Å². The first-order valence-corrected chi connectivity index (χ1v) is 12.0. The first kappa shape index (κ1) is 28.4. The molecule has 1 N–H and O–H groups in total. The van der Waals surface area contributed by atoms with Crippen LogP contribution in [0.25, 0.3) is 0 Å². The number of aliphatic imine (C=N–C) groups is 1. The third-order valence-electron chi connectivity index (χ3n) is 4.60. The summed E-state index contributed by atoms with van der Waals surface area (Å²) in [5, 5.41) is 11.5. The van der Waals surface area contributed by atoms with Crippen molar-refractivity contribution in [2.75, 3.05) is 19.8 Å². The van der Waals surface area contributed by atoms with Gasteiger partial charge in [0.2, 0.25) is 0 Å². The van der Waals surface area contributed by atoms with Gasteiger partial charge in [0.25, 0.3) is 0 Å². The van der Waals surface area contributed by atoms with Crippen molar-refractivity contribution in [2.45, 2.75) is 96.5 Å². The number of phosphoric ester groups is 1. The monoisotopic (exact) mass is 429 g/mol. The zero-order chi connectivity index (χ0) is 19.8. The summed E-state index contributed by atoms with van der Waals surface area (Å²) < 4.78 is 25.2. The smallest absolute Gasteiger partial charge is 0.598 e. The molecule has 0 aromatic carbocycles. The van der Waals surface area contributed by atoms with E-state index in [0.717, 1.165) is 12.8 Å². The molecule has 160 valence electrons. The molecule has 0 bridgehead atoms. The van der Waals surface area contributed by atoms with Gasteiger partial charge in [-0.05, 0) is 6.42 Å². The molecule has 0 spiro atoms. The fraction of sp³-hybridized carbons (Fsp3) is 0.947. The van der Waals surface area contributed by atoms with Crippen LogP contribution in [0.3, 0.4) is 0 Å². The van der Waals surface area contributed by atoms with Crippen LogP contribution in [0.1, 0.15) is 90.4 Å². The Kier molecular flexibility index (Phi) is 18.4. The summed E-state index contributed by atoms with van der Waals surface area (Å²) in [6.07, 6.45) is 15.2. The van der Waals surface area contributed by atoms with Crippen molar-refractivity contribution in [1.82, 2.24) is 0 Å². The maximum Gasteiger partial charge on any atom is 1.00 e. The standard InChI is InChI=1S/C19H38NO6P.Na/c1-2-3-4-5-6-7-8-9-10-11-12-13-14-15-20-19(21)24-16-18-17-25-27(22,23)26-18;/h18H,2-17H2,1H3,(H,20,21)(H,22,23);/q;+1/p-1. The van der Waals surface area contributed by atoms with Crippen molar-refractivity contribution < 1.29 is 57.9 Å². The van der Waals surface area contributed by atoms with Crippen LogP contribution in [0.4, 0.5) is 0 Å². The predicted octanol–water partition coefficient (Wildman–Crippen LogP) is 1.33. The zero-order valence-electron chi connectivity index (χ0n) is 17.8. The van der Waals surface area contributed by atoms with Crippen LogP contribution in [0.5, 0.6) is 0 Å². The second kappa shape index (κ2) is 18.2. The van der Waals surface area contributed by atoms with E-state index in [1.807, 2.05) is 0 Å². The number of nitrogens with zero attached hydrogens (tertiary/aromatic N) is 1. The summed E-state index contributed by atoms with van der Waals surface area (Å²) in [7, 11) is -3.93. The van der Waals surface area contributed by atoms with E-state index in [1.54, 1.807) is 0 Å². The molecule has 1 aliphatic heterocycles. The van der Waals surface area contributed by atoms with Crippen LogP contribution in [-0.4, -0.2) is 36.8 Å². The minimum Gasteiger partial charge on any atom is -0.598 e. The van der Waals surface area contributed by atoms with Gasteiger partial charge in [-0.25, -0.2) is 4.57 Å². The van der Waals surface area contributed by atoms with E-state index in [2.05, 4.69) is 16.4 Å². The molecule has 7 nitrogen and oxygen atoms in total. The summed E-state index contributed by atoms with van der Waals surface area (Å²) in [5.41, 5.74) is 0. The van der Waals surface area contributed by atoms with Gasteiger partial charge < -0.3 is 14.7 Å². The Balaban J connectivity index is 0.00000729. The van der Waals surface area contributed by atoms with E-state index in [9.17, 15) is 9.67 Å². The van der Waals surface area contributed by atoms with E-state index < -0.39 is 20.0 Å². The molecule has 0 aromatic rings. The minimum atomic E-state index is -3.93. The summed E-state index contributed by atoms with van der Waals surface area (Å²) in [5.74, 6) is 0. The van der Waals surface area contributed by atoms with E-state index in [-0.39, 0.29) is 42.8 Å². The number of phosphoric acid groups is 1. The first-order valence-electron chi connectivity index (χ1n) is 10.5. The van der Waals surface area contributed by atoms with Gasteiger partial charge in [0.15, 0.2) is 0 Å². The van der Waals surface area contributed by atoms with E-state index >= 15 is 0 Å². The van der Waals surface area contributed by atoms with Gasteiger partial charge in [-0.1, -0.05) is 84.0 Å². The van der Waals surface area contributed by atoms with Crippen molar-refractivity contribution in [3.8, 4) is 0 Å². The Morgan fingerprint density at radius 3 is 2.00 bits per heavy atom. The third-order valence-corrected chi connectivity index (χ3v) is 5.64. The molecule has 1 fully saturated rings. The van der Waals surface area contributed by atoms with Gasteiger partial charge in [0.05, 0.1) is 6.61 Å². The summed E-state index contributed by atoms with van der Waals surface area (Å²) >= 11 is 0. The number of hydrogen-bond acceptors (Lipinski definition) is 6. The largest absolute Gasteiger partial charge is 1.00 e. The molecular formula is C19H37NNaO6P. The molecule has 28 heavy (non-hydrogen) atoms. The summed E-state index contributed by atoms with van der Waals surface area (Å²) in [6, 6.07) is 0. The van der Waals surface area contributed by atoms with Crippen LogP contribution in [0.2, 0.25) is 0 Å². The second-order valence-corrected chi connectivity index (χ2v) is 8.60. The van der Waals surface area contributed by atoms with Gasteiger partial charge in [-0.2, -0.15) is 0 Å². The molecule has 9 heteroatoms. The zero-order valence-corrected chi connectivity index (χ0v) is 20.7. The summed E-state index contributed by atoms with van der Waals surface area (Å²) in [6.45, 7) is 2.53. The molecule has 0 aromatic heterocycles. The van der Waals surface area contributed by atoms with Crippen LogP contribution in [-0.2, 0) is 18.3 Å². The molecule has 1 rings (SSSR count). The van der Waals surface area contributed by atoms with Crippen molar-refractivity contribution in [3.05, 3.63) is 0 Å². The van der Waals surface area contributed by atoms with Crippen LogP contribution < -0.4 is 34.7 Å². The quantitative estimate of drug-likeness (QED) is 0.131.